The van der Waals surface area contributed by atoms with Gasteiger partial charge >= 0.3 is 29.2 Å². The van der Waals surface area contributed by atoms with Gasteiger partial charge in [0.2, 0.25) is 6.67 Å². The van der Waals surface area contributed by atoms with Crippen molar-refractivity contribution in [2.24, 2.45) is 5.10 Å². The Morgan fingerprint density at radius 3 is 2.08 bits per heavy atom. The Morgan fingerprint density at radius 1 is 0.958 bits per heavy atom. The molecule has 0 bridgehead atoms. The van der Waals surface area contributed by atoms with E-state index in [2.05, 4.69) is 80.0 Å². The van der Waals surface area contributed by atoms with Crippen molar-refractivity contribution in [3.8, 4) is 0 Å². The number of aryl methyl sites for hydroxylation is 1. The number of benzene rings is 2. The number of hydrogen-bond acceptors (Lipinski definition) is 3. The number of hydrogen-bond donors (Lipinski definition) is 0. The van der Waals surface area contributed by atoms with Gasteiger partial charge in [-0.3, -0.25) is 9.91 Å². The van der Waals surface area contributed by atoms with Gasteiger partial charge in [0.15, 0.2) is 5.84 Å². The zero-order chi connectivity index (χ0) is 17.7. The van der Waals surface area contributed by atoms with Crippen molar-refractivity contribution in [1.82, 2.24) is 5.01 Å². The Morgan fingerprint density at radius 2 is 1.54 bits per heavy atom. The SMILES string of the molecule is Cc1ccc(N2[C]N(C(C)(C)C)N=C2c2ccccc2)cc1.[Cl][Au]. The minimum atomic E-state index is -0.112. The van der Waals surface area contributed by atoms with E-state index in [4.69, 9.17) is 5.10 Å². The van der Waals surface area contributed by atoms with Crippen LogP contribution < -0.4 is 4.90 Å². The van der Waals surface area contributed by atoms with Crippen molar-refractivity contribution in [2.45, 2.75) is 33.2 Å². The molecule has 0 fully saturated rings. The molecule has 0 amide bonds. The van der Waals surface area contributed by atoms with Crippen LogP contribution in [-0.4, -0.2) is 16.4 Å². The zero-order valence-corrected chi connectivity index (χ0v) is 17.1. The second-order valence-corrected chi connectivity index (χ2v) is 6.54. The molecule has 0 spiro atoms. The van der Waals surface area contributed by atoms with Gasteiger partial charge in [0.1, 0.15) is 0 Å². The van der Waals surface area contributed by atoms with E-state index >= 15 is 0 Å². The Bertz CT molecular complexity index is 678. The molecular weight excluding hydrogens is 503 g/mol. The van der Waals surface area contributed by atoms with Crippen molar-refractivity contribution in [3.05, 3.63) is 72.4 Å². The van der Waals surface area contributed by atoms with Crippen LogP contribution in [0.1, 0.15) is 31.9 Å². The third kappa shape index (κ3) is 4.42. The third-order valence-corrected chi connectivity index (χ3v) is 3.56. The number of nitrogens with zero attached hydrogens (tertiary/aromatic N) is 3. The van der Waals surface area contributed by atoms with Gasteiger partial charge < -0.3 is 0 Å². The predicted molar refractivity (Wildman–Crippen MR) is 97.3 cm³/mol. The summed E-state index contributed by atoms with van der Waals surface area (Å²) >= 11 is 1.75. The second-order valence-electron chi connectivity index (χ2n) is 6.54. The van der Waals surface area contributed by atoms with Crippen molar-refractivity contribution in [2.75, 3.05) is 4.90 Å². The van der Waals surface area contributed by atoms with Gasteiger partial charge in [-0.2, -0.15) is 5.10 Å². The van der Waals surface area contributed by atoms with Crippen molar-refractivity contribution in [3.63, 3.8) is 0 Å². The molecule has 2 radical (unpaired) electrons. The van der Waals surface area contributed by atoms with Crippen molar-refractivity contribution < 1.29 is 20.0 Å². The van der Waals surface area contributed by atoms with Crippen LogP contribution >= 0.6 is 9.19 Å². The number of halogens is 1. The van der Waals surface area contributed by atoms with E-state index in [-0.39, 0.29) is 5.54 Å². The number of anilines is 1. The number of amidine groups is 1. The van der Waals surface area contributed by atoms with Gasteiger partial charge in [0.05, 0.1) is 5.54 Å². The van der Waals surface area contributed by atoms with Gasteiger partial charge in [-0.1, -0.05) is 48.0 Å². The number of rotatable bonds is 2. The molecule has 2 aromatic carbocycles. The van der Waals surface area contributed by atoms with E-state index in [9.17, 15) is 0 Å². The molecule has 1 aliphatic heterocycles. The fourth-order valence-electron chi connectivity index (χ4n) is 2.25. The molecule has 0 N–H and O–H groups in total. The second kappa shape index (κ2) is 8.21. The van der Waals surface area contributed by atoms with Gasteiger partial charge in [-0.05, 0) is 39.8 Å². The average molecular weight is 524 g/mol. The molecular formula is C19H21AuClN3. The molecule has 1 heterocycles. The van der Waals surface area contributed by atoms with Crippen LogP contribution in [0.25, 0.3) is 0 Å². The summed E-state index contributed by atoms with van der Waals surface area (Å²) in [6, 6.07) is 18.7. The molecule has 5 heteroatoms. The Labute approximate surface area is 161 Å². The van der Waals surface area contributed by atoms with E-state index in [1.165, 1.54) is 5.56 Å². The van der Waals surface area contributed by atoms with E-state index in [0.717, 1.165) is 17.1 Å². The maximum atomic E-state index is 4.77. The van der Waals surface area contributed by atoms with Crippen LogP contribution in [-0.2, 0) is 20.0 Å². The molecule has 130 valence electrons. The summed E-state index contributed by atoms with van der Waals surface area (Å²) in [6.45, 7) is 11.9. The predicted octanol–water partition coefficient (Wildman–Crippen LogP) is 4.96. The van der Waals surface area contributed by atoms with Crippen LogP contribution in [0.5, 0.6) is 0 Å². The molecule has 24 heavy (non-hydrogen) atoms. The van der Waals surface area contributed by atoms with Crippen LogP contribution in [0.4, 0.5) is 5.69 Å². The monoisotopic (exact) mass is 523 g/mol. The summed E-state index contributed by atoms with van der Waals surface area (Å²) in [7, 11) is 4.58. The first kappa shape index (κ1) is 19.1. The summed E-state index contributed by atoms with van der Waals surface area (Å²) < 4.78 is 0. The molecule has 0 saturated heterocycles. The van der Waals surface area contributed by atoms with Crippen molar-refractivity contribution >= 4 is 20.7 Å². The maximum absolute atomic E-state index is 4.77. The topological polar surface area (TPSA) is 18.8 Å². The number of hydrazone groups is 1. The Balaban J connectivity index is 0.00000100. The molecule has 0 atom stereocenters. The first-order valence-electron chi connectivity index (χ1n) is 7.64. The molecule has 3 nitrogen and oxygen atoms in total. The third-order valence-electron chi connectivity index (χ3n) is 3.56. The molecule has 1 aliphatic rings. The van der Waals surface area contributed by atoms with Crippen LogP contribution in [0.2, 0.25) is 0 Å². The first-order valence-corrected chi connectivity index (χ1v) is 10.3. The van der Waals surface area contributed by atoms with Gasteiger partial charge in [-0.15, -0.1) is 0 Å². The van der Waals surface area contributed by atoms with Gasteiger partial charge in [-0.25, -0.2) is 0 Å². The Kier molecular flexibility index (Phi) is 6.53. The Hall–Kier alpha value is -1.26. The summed E-state index contributed by atoms with van der Waals surface area (Å²) in [6.07, 6.45) is 0. The average Bonchev–Trinajstić information content (AvgIpc) is 3.04. The summed E-state index contributed by atoms with van der Waals surface area (Å²) in [5.74, 6) is 0.902. The van der Waals surface area contributed by atoms with Crippen LogP contribution in [0.3, 0.4) is 0 Å². The molecule has 2 aromatic rings. The van der Waals surface area contributed by atoms with Gasteiger partial charge in [0.25, 0.3) is 0 Å². The standard InChI is InChI=1S/C19H21N3.Au.ClH/c1-15-10-12-17(13-11-15)21-14-22(19(2,3)4)20-18(21)16-8-6-5-7-9-16;;/h5-13H,1-4H3;;1H/q;+1;/p-1. The normalized spacial score (nSPS) is 14.2. The quantitative estimate of drug-likeness (QED) is 0.518. The first-order chi connectivity index (χ1) is 11.4. The van der Waals surface area contributed by atoms with Crippen LogP contribution in [0, 0.1) is 13.6 Å². The fraction of sp³-hybridized carbons (Fsp3) is 0.263. The van der Waals surface area contributed by atoms with E-state index in [0.29, 0.717) is 0 Å². The summed E-state index contributed by atoms with van der Waals surface area (Å²) in [5.41, 5.74) is 3.29. The molecule has 0 aromatic heterocycles. The van der Waals surface area contributed by atoms with E-state index in [1.54, 1.807) is 20.0 Å². The van der Waals surface area contributed by atoms with Crippen LogP contribution in [0.15, 0.2) is 59.7 Å². The molecule has 0 aliphatic carbocycles. The molecule has 0 unspecified atom stereocenters. The summed E-state index contributed by atoms with van der Waals surface area (Å²) in [4.78, 5) is 2.03. The fourth-order valence-corrected chi connectivity index (χ4v) is 2.25. The zero-order valence-electron chi connectivity index (χ0n) is 14.2. The van der Waals surface area contributed by atoms with E-state index < -0.39 is 0 Å². The summed E-state index contributed by atoms with van der Waals surface area (Å²) in [5, 5.41) is 6.67. The molecule has 3 rings (SSSR count). The van der Waals surface area contributed by atoms with Crippen molar-refractivity contribution in [1.29, 1.82) is 0 Å². The van der Waals surface area contributed by atoms with Gasteiger partial charge in [0, 0.05) is 11.3 Å². The molecule has 0 saturated carbocycles. The minimum absolute atomic E-state index is 0.112. The van der Waals surface area contributed by atoms with E-state index in [1.807, 2.05) is 28.1 Å².